The minimum absolute atomic E-state index is 0.278. The minimum Gasteiger partial charge on any atom is -0.462 e. The van der Waals surface area contributed by atoms with Crippen molar-refractivity contribution in [3.63, 3.8) is 0 Å². The maximum absolute atomic E-state index is 11.8. The Morgan fingerprint density at radius 2 is 2.06 bits per heavy atom. The van der Waals surface area contributed by atoms with E-state index in [9.17, 15) is 4.79 Å². The van der Waals surface area contributed by atoms with Crippen LogP contribution in [0, 0.1) is 0 Å². The van der Waals surface area contributed by atoms with Crippen LogP contribution < -0.4 is 0 Å². The van der Waals surface area contributed by atoms with Crippen LogP contribution in [0.2, 0.25) is 0 Å². The fourth-order valence-electron chi connectivity index (χ4n) is 1.65. The molecular weight excluding hydrogens is 268 g/mol. The summed E-state index contributed by atoms with van der Waals surface area (Å²) in [6, 6.07) is 11.5. The van der Waals surface area contributed by atoms with Crippen molar-refractivity contribution in [1.29, 1.82) is 0 Å². The van der Waals surface area contributed by atoms with Crippen molar-refractivity contribution in [2.45, 2.75) is 6.92 Å². The van der Waals surface area contributed by atoms with Crippen molar-refractivity contribution < 1.29 is 9.53 Å². The number of rotatable bonds is 2. The van der Waals surface area contributed by atoms with E-state index in [-0.39, 0.29) is 5.97 Å². The molecular formula is C13H11BrO2. The molecule has 0 spiro atoms. The summed E-state index contributed by atoms with van der Waals surface area (Å²) in [5.74, 6) is -0.278. The number of ether oxygens (including phenoxy) is 1. The van der Waals surface area contributed by atoms with Gasteiger partial charge in [-0.2, -0.15) is 0 Å². The second kappa shape index (κ2) is 4.66. The topological polar surface area (TPSA) is 26.3 Å². The van der Waals surface area contributed by atoms with E-state index >= 15 is 0 Å². The lowest BCUT2D eigenvalue weighted by Gasteiger charge is -2.06. The van der Waals surface area contributed by atoms with Crippen molar-refractivity contribution in [2.75, 3.05) is 6.61 Å². The summed E-state index contributed by atoms with van der Waals surface area (Å²) in [7, 11) is 0. The van der Waals surface area contributed by atoms with Gasteiger partial charge in [0, 0.05) is 4.47 Å². The van der Waals surface area contributed by atoms with Gasteiger partial charge in [-0.25, -0.2) is 4.79 Å². The van der Waals surface area contributed by atoms with E-state index in [0.717, 1.165) is 15.2 Å². The number of halogens is 1. The first-order valence-electron chi connectivity index (χ1n) is 5.08. The van der Waals surface area contributed by atoms with Crippen molar-refractivity contribution in [3.05, 3.63) is 46.4 Å². The zero-order valence-electron chi connectivity index (χ0n) is 8.87. The zero-order chi connectivity index (χ0) is 11.5. The Morgan fingerprint density at radius 1 is 1.31 bits per heavy atom. The lowest BCUT2D eigenvalue weighted by Crippen LogP contribution is -2.05. The first-order chi connectivity index (χ1) is 7.72. The molecule has 0 bridgehead atoms. The third-order valence-corrected chi connectivity index (χ3v) is 2.78. The predicted molar refractivity (Wildman–Crippen MR) is 67.6 cm³/mol. The molecule has 0 saturated carbocycles. The first-order valence-corrected chi connectivity index (χ1v) is 5.87. The summed E-state index contributed by atoms with van der Waals surface area (Å²) >= 11 is 3.39. The Hall–Kier alpha value is -1.35. The molecule has 2 aromatic carbocycles. The highest BCUT2D eigenvalue weighted by atomic mass is 79.9. The van der Waals surface area contributed by atoms with E-state index in [1.807, 2.05) is 30.3 Å². The fourth-order valence-corrected chi connectivity index (χ4v) is 2.13. The summed E-state index contributed by atoms with van der Waals surface area (Å²) < 4.78 is 5.91. The van der Waals surface area contributed by atoms with Crippen LogP contribution >= 0.6 is 15.9 Å². The summed E-state index contributed by atoms with van der Waals surface area (Å²) in [6.07, 6.45) is 0. The van der Waals surface area contributed by atoms with Crippen molar-refractivity contribution >= 4 is 32.7 Å². The molecule has 3 heteroatoms. The fraction of sp³-hybridized carbons (Fsp3) is 0.154. The maximum atomic E-state index is 11.8. The smallest absolute Gasteiger partial charge is 0.338 e. The van der Waals surface area contributed by atoms with Crippen LogP contribution in [-0.2, 0) is 4.74 Å². The predicted octanol–water partition coefficient (Wildman–Crippen LogP) is 3.78. The third kappa shape index (κ3) is 2.09. The number of carbonyl (C=O) groups excluding carboxylic acids is 1. The van der Waals surface area contributed by atoms with E-state index in [1.165, 1.54) is 0 Å². The minimum atomic E-state index is -0.278. The number of carbonyl (C=O) groups is 1. The Bertz CT molecular complexity index is 534. The van der Waals surface area contributed by atoms with Gasteiger partial charge in [0.15, 0.2) is 0 Å². The highest BCUT2D eigenvalue weighted by Gasteiger charge is 2.11. The molecule has 0 fully saturated rings. The maximum Gasteiger partial charge on any atom is 0.338 e. The molecule has 82 valence electrons. The Kier molecular flexibility index (Phi) is 3.25. The number of esters is 1. The molecule has 0 aliphatic rings. The third-order valence-electron chi connectivity index (χ3n) is 2.32. The molecule has 2 aromatic rings. The second-order valence-corrected chi connectivity index (χ2v) is 4.31. The molecule has 0 unspecified atom stereocenters. The van der Waals surface area contributed by atoms with Crippen molar-refractivity contribution in [2.24, 2.45) is 0 Å². The van der Waals surface area contributed by atoms with Gasteiger partial charge in [0.2, 0.25) is 0 Å². The largest absolute Gasteiger partial charge is 0.462 e. The van der Waals surface area contributed by atoms with Crippen LogP contribution in [0.5, 0.6) is 0 Å². The summed E-state index contributed by atoms with van der Waals surface area (Å²) in [5, 5.41) is 1.95. The highest BCUT2D eigenvalue weighted by Crippen LogP contribution is 2.24. The Balaban J connectivity index is 2.63. The summed E-state index contributed by atoms with van der Waals surface area (Å²) in [4.78, 5) is 11.8. The molecule has 0 amide bonds. The molecule has 0 aromatic heterocycles. The quantitative estimate of drug-likeness (QED) is 0.782. The Labute approximate surface area is 102 Å². The lowest BCUT2D eigenvalue weighted by molar-refractivity contribution is 0.0528. The Morgan fingerprint density at radius 3 is 2.81 bits per heavy atom. The average molecular weight is 279 g/mol. The second-order valence-electron chi connectivity index (χ2n) is 3.39. The van der Waals surface area contributed by atoms with Gasteiger partial charge in [0.05, 0.1) is 12.2 Å². The van der Waals surface area contributed by atoms with Crippen LogP contribution in [-0.4, -0.2) is 12.6 Å². The monoisotopic (exact) mass is 278 g/mol. The van der Waals surface area contributed by atoms with E-state index in [1.54, 1.807) is 13.0 Å². The molecule has 16 heavy (non-hydrogen) atoms. The van der Waals surface area contributed by atoms with Gasteiger partial charge in [0.25, 0.3) is 0 Å². The molecule has 0 atom stereocenters. The number of benzene rings is 2. The molecule has 2 rings (SSSR count). The van der Waals surface area contributed by atoms with E-state index in [0.29, 0.717) is 12.2 Å². The lowest BCUT2D eigenvalue weighted by atomic mass is 10.0. The molecule has 0 N–H and O–H groups in total. The van der Waals surface area contributed by atoms with Gasteiger partial charge < -0.3 is 4.74 Å². The molecule has 0 aliphatic heterocycles. The molecule has 0 heterocycles. The molecule has 2 nitrogen and oxygen atoms in total. The average Bonchev–Trinajstić information content (AvgIpc) is 2.28. The SMILES string of the molecule is CCOC(=O)c1cc(Br)cc2ccccc12. The van der Waals surface area contributed by atoms with Gasteiger partial charge in [-0.15, -0.1) is 0 Å². The van der Waals surface area contributed by atoms with E-state index in [4.69, 9.17) is 4.74 Å². The van der Waals surface area contributed by atoms with Crippen LogP contribution in [0.4, 0.5) is 0 Å². The van der Waals surface area contributed by atoms with Crippen LogP contribution in [0.15, 0.2) is 40.9 Å². The summed E-state index contributed by atoms with van der Waals surface area (Å²) in [6.45, 7) is 2.19. The van der Waals surface area contributed by atoms with Gasteiger partial charge in [0.1, 0.15) is 0 Å². The van der Waals surface area contributed by atoms with Crippen molar-refractivity contribution in [1.82, 2.24) is 0 Å². The number of hydrogen-bond donors (Lipinski definition) is 0. The van der Waals surface area contributed by atoms with E-state index < -0.39 is 0 Å². The zero-order valence-corrected chi connectivity index (χ0v) is 10.5. The molecule has 0 radical (unpaired) electrons. The van der Waals surface area contributed by atoms with Gasteiger partial charge in [-0.05, 0) is 29.8 Å². The number of fused-ring (bicyclic) bond motifs is 1. The van der Waals surface area contributed by atoms with Gasteiger partial charge in [-0.1, -0.05) is 40.2 Å². The number of hydrogen-bond acceptors (Lipinski definition) is 2. The van der Waals surface area contributed by atoms with E-state index in [2.05, 4.69) is 15.9 Å². The van der Waals surface area contributed by atoms with Gasteiger partial charge in [-0.3, -0.25) is 0 Å². The van der Waals surface area contributed by atoms with Gasteiger partial charge >= 0.3 is 5.97 Å². The van der Waals surface area contributed by atoms with Crippen molar-refractivity contribution in [3.8, 4) is 0 Å². The van der Waals surface area contributed by atoms with Crippen LogP contribution in [0.3, 0.4) is 0 Å². The molecule has 0 aliphatic carbocycles. The summed E-state index contributed by atoms with van der Waals surface area (Å²) in [5.41, 5.74) is 0.604. The first kappa shape index (κ1) is 11.1. The van der Waals surface area contributed by atoms with Crippen LogP contribution in [0.25, 0.3) is 10.8 Å². The standard InChI is InChI=1S/C13H11BrO2/c1-2-16-13(15)12-8-10(14)7-9-5-3-4-6-11(9)12/h3-8H,2H2,1H3. The normalized spacial score (nSPS) is 10.4. The van der Waals surface area contributed by atoms with Crippen LogP contribution in [0.1, 0.15) is 17.3 Å². The molecule has 0 saturated heterocycles. The highest BCUT2D eigenvalue weighted by molar-refractivity contribution is 9.10.